The van der Waals surface area contributed by atoms with Crippen molar-refractivity contribution in [1.29, 1.82) is 0 Å². The van der Waals surface area contributed by atoms with E-state index in [0.29, 0.717) is 76.9 Å². The second kappa shape index (κ2) is 13.9. The molecule has 5 rings (SSSR count). The van der Waals surface area contributed by atoms with Crippen molar-refractivity contribution in [2.24, 2.45) is 0 Å². The number of amides is 2. The van der Waals surface area contributed by atoms with Gasteiger partial charge < -0.3 is 24.0 Å². The number of piperazine rings is 1. The molecule has 0 spiro atoms. The summed E-state index contributed by atoms with van der Waals surface area (Å²) in [5.41, 5.74) is 0.621. The molecule has 1 aliphatic heterocycles. The van der Waals surface area contributed by atoms with Crippen LogP contribution in [0.15, 0.2) is 24.5 Å². The third kappa shape index (κ3) is 8.89. The van der Waals surface area contributed by atoms with Crippen LogP contribution in [0.25, 0.3) is 32.2 Å². The number of rotatable bonds is 7. The van der Waals surface area contributed by atoms with Crippen molar-refractivity contribution < 1.29 is 28.2 Å². The van der Waals surface area contributed by atoms with Gasteiger partial charge in [-0.1, -0.05) is 42.6 Å². The number of ether oxygens (including phenoxy) is 3. The first-order valence-corrected chi connectivity index (χ1v) is 21.1. The summed E-state index contributed by atoms with van der Waals surface area (Å²) in [5.74, 6) is 0.625. The molecular formula is C34H44ClFN6O5SSi. The fraction of sp³-hybridized carbons (Fsp3) is 0.500. The highest BCUT2D eigenvalue weighted by Gasteiger charge is 2.29. The maximum absolute atomic E-state index is 15.2. The number of carbonyl (C=O) groups is 2. The summed E-state index contributed by atoms with van der Waals surface area (Å²) in [7, 11) is -1.49. The topological polar surface area (TPSA) is 119 Å². The van der Waals surface area contributed by atoms with Gasteiger partial charge in [-0.05, 0) is 65.8 Å². The predicted molar refractivity (Wildman–Crippen MR) is 197 cm³/mol. The molecule has 4 aromatic rings. The van der Waals surface area contributed by atoms with Gasteiger partial charge >= 0.3 is 12.2 Å². The molecule has 264 valence electrons. The third-order valence-corrected chi connectivity index (χ3v) is 10.5. The molecule has 1 aliphatic rings. The first-order valence-electron chi connectivity index (χ1n) is 16.2. The molecule has 0 saturated carbocycles. The van der Waals surface area contributed by atoms with Crippen LogP contribution >= 0.6 is 22.9 Å². The number of aromatic nitrogens is 3. The van der Waals surface area contributed by atoms with Gasteiger partial charge in [0, 0.05) is 50.8 Å². The molecule has 0 unspecified atom stereocenters. The van der Waals surface area contributed by atoms with Crippen molar-refractivity contribution in [3.63, 3.8) is 0 Å². The van der Waals surface area contributed by atoms with E-state index >= 15 is 4.39 Å². The van der Waals surface area contributed by atoms with Gasteiger partial charge in [0.2, 0.25) is 0 Å². The van der Waals surface area contributed by atoms with E-state index in [1.807, 2.05) is 20.8 Å². The second-order valence-electron chi connectivity index (χ2n) is 15.2. The largest absolute Gasteiger partial charge is 0.491 e. The van der Waals surface area contributed by atoms with E-state index in [1.165, 1.54) is 12.4 Å². The number of fused-ring (bicyclic) bond motifs is 2. The van der Waals surface area contributed by atoms with E-state index in [9.17, 15) is 9.59 Å². The lowest BCUT2D eigenvalue weighted by molar-refractivity contribution is 0.0240. The summed E-state index contributed by atoms with van der Waals surface area (Å²) in [4.78, 5) is 42.9. The lowest BCUT2D eigenvalue weighted by Crippen LogP contribution is -2.50. The molecule has 49 heavy (non-hydrogen) atoms. The van der Waals surface area contributed by atoms with Crippen LogP contribution in [0.4, 0.5) is 24.9 Å². The highest BCUT2D eigenvalue weighted by molar-refractivity contribution is 7.22. The second-order valence-corrected chi connectivity index (χ2v) is 22.2. The zero-order chi connectivity index (χ0) is 35.9. The van der Waals surface area contributed by atoms with Gasteiger partial charge in [-0.25, -0.2) is 28.9 Å². The smallest absolute Gasteiger partial charge is 0.413 e. The fourth-order valence-electron chi connectivity index (χ4n) is 5.28. The third-order valence-electron chi connectivity index (χ3n) is 7.52. The Balaban J connectivity index is 1.57. The van der Waals surface area contributed by atoms with Gasteiger partial charge in [0.1, 0.15) is 34.7 Å². The van der Waals surface area contributed by atoms with E-state index in [0.717, 1.165) is 17.4 Å². The monoisotopic (exact) mass is 730 g/mol. The fourth-order valence-corrected chi connectivity index (χ4v) is 7.17. The van der Waals surface area contributed by atoms with Crippen LogP contribution in [0, 0.1) is 5.82 Å². The molecule has 0 bridgehead atoms. The van der Waals surface area contributed by atoms with Crippen molar-refractivity contribution in [2.45, 2.75) is 78.4 Å². The summed E-state index contributed by atoms with van der Waals surface area (Å²) < 4.78 is 33.0. The molecule has 1 saturated heterocycles. The van der Waals surface area contributed by atoms with Crippen LogP contribution in [-0.4, -0.2) is 84.1 Å². The summed E-state index contributed by atoms with van der Waals surface area (Å²) >= 11 is 8.13. The van der Waals surface area contributed by atoms with Gasteiger partial charge in [0.25, 0.3) is 0 Å². The van der Waals surface area contributed by atoms with E-state index in [1.54, 1.807) is 37.8 Å². The Kier molecular flexibility index (Phi) is 10.3. The molecule has 11 nitrogen and oxygen atoms in total. The Bertz CT molecular complexity index is 1880. The van der Waals surface area contributed by atoms with Crippen LogP contribution in [-0.2, 0) is 9.47 Å². The minimum atomic E-state index is -1.49. The number of nitrogens with zero attached hydrogens (tertiary/aromatic N) is 5. The van der Waals surface area contributed by atoms with E-state index < -0.39 is 31.2 Å². The highest BCUT2D eigenvalue weighted by Crippen LogP contribution is 2.47. The number of carbonyl (C=O) groups excluding carboxylic acids is 2. The van der Waals surface area contributed by atoms with Gasteiger partial charge in [-0.3, -0.25) is 5.32 Å². The standard InChI is InChI=1S/C34H44ClFN6O5SSi/c1-33(2,3)46-31(43)40-30-39-26-20(10-11-23(36)28(26)48-30)24-22(35)18-21-25(27(24)45-16-17-49(7,8)9)37-19-38-29(21)41-12-14-42(15-13-41)32(44)47-34(4,5)6/h10-11,18-19H,12-17H2,1-9H3,(H,39,40,43). The van der Waals surface area contributed by atoms with Crippen molar-refractivity contribution in [2.75, 3.05) is 43.0 Å². The Morgan fingerprint density at radius 1 is 1.00 bits per heavy atom. The Hall–Kier alpha value is -3.75. The van der Waals surface area contributed by atoms with Crippen LogP contribution < -0.4 is 15.0 Å². The molecule has 15 heteroatoms. The molecule has 3 heterocycles. The zero-order valence-electron chi connectivity index (χ0n) is 29.5. The van der Waals surface area contributed by atoms with Gasteiger partial charge in [-0.2, -0.15) is 0 Å². The van der Waals surface area contributed by atoms with Crippen molar-refractivity contribution in [3.05, 3.63) is 35.4 Å². The number of anilines is 2. The van der Waals surface area contributed by atoms with E-state index in [2.05, 4.69) is 44.8 Å². The van der Waals surface area contributed by atoms with Crippen LogP contribution in [0.2, 0.25) is 30.7 Å². The number of nitrogens with one attached hydrogen (secondary N) is 1. The number of halogens is 2. The lowest BCUT2D eigenvalue weighted by Gasteiger charge is -2.36. The maximum Gasteiger partial charge on any atom is 0.413 e. The Labute approximate surface area is 296 Å². The Morgan fingerprint density at radius 2 is 1.67 bits per heavy atom. The maximum atomic E-state index is 15.2. The average Bonchev–Trinajstić information content (AvgIpc) is 3.39. The molecule has 2 amide bonds. The van der Waals surface area contributed by atoms with Crippen LogP contribution in [0.1, 0.15) is 41.5 Å². The minimum Gasteiger partial charge on any atom is -0.491 e. The summed E-state index contributed by atoms with van der Waals surface area (Å²) in [5, 5.41) is 3.85. The van der Waals surface area contributed by atoms with E-state index in [4.69, 9.17) is 25.8 Å². The highest BCUT2D eigenvalue weighted by atomic mass is 35.5. The first kappa shape index (κ1) is 36.5. The number of thiazole rings is 1. The molecular weight excluding hydrogens is 687 g/mol. The first-order chi connectivity index (χ1) is 22.8. The predicted octanol–water partition coefficient (Wildman–Crippen LogP) is 8.82. The molecule has 2 aromatic carbocycles. The quantitative estimate of drug-likeness (QED) is 0.186. The average molecular weight is 731 g/mol. The van der Waals surface area contributed by atoms with Crippen LogP contribution in [0.3, 0.4) is 0 Å². The van der Waals surface area contributed by atoms with Crippen molar-refractivity contribution >= 4 is 75.3 Å². The number of hydrogen-bond donors (Lipinski definition) is 1. The van der Waals surface area contributed by atoms with Crippen molar-refractivity contribution in [1.82, 2.24) is 19.9 Å². The van der Waals surface area contributed by atoms with Gasteiger partial charge in [0.15, 0.2) is 10.9 Å². The summed E-state index contributed by atoms with van der Waals surface area (Å²) in [6.45, 7) is 20.0. The SMILES string of the molecule is CC(C)(C)OC(=O)Nc1nc2c(-c3c(Cl)cc4c(N5CCN(C(=O)OC(C)(C)C)CC5)ncnc4c3OCC[Si](C)(C)C)ccc(F)c2s1. The van der Waals surface area contributed by atoms with Gasteiger partial charge in [-0.15, -0.1) is 0 Å². The molecule has 0 aliphatic carbocycles. The molecule has 2 aromatic heterocycles. The van der Waals surface area contributed by atoms with Gasteiger partial charge in [0.05, 0.1) is 21.8 Å². The molecule has 0 radical (unpaired) electrons. The number of hydrogen-bond acceptors (Lipinski definition) is 10. The van der Waals surface area contributed by atoms with Crippen molar-refractivity contribution in [3.8, 4) is 16.9 Å². The normalized spacial score (nSPS) is 14.3. The summed E-state index contributed by atoms with van der Waals surface area (Å²) in [6.07, 6.45) is 0.457. The molecule has 0 atom stereocenters. The van der Waals surface area contributed by atoms with E-state index in [-0.39, 0.29) is 15.9 Å². The minimum absolute atomic E-state index is 0.184. The Morgan fingerprint density at radius 3 is 2.31 bits per heavy atom. The molecule has 1 N–H and O–H groups in total. The molecule has 1 fully saturated rings. The lowest BCUT2D eigenvalue weighted by atomic mass is 10.0. The number of benzene rings is 2. The van der Waals surface area contributed by atoms with Crippen LogP contribution in [0.5, 0.6) is 5.75 Å². The zero-order valence-corrected chi connectivity index (χ0v) is 32.1. The summed E-state index contributed by atoms with van der Waals surface area (Å²) in [6, 6.07) is 5.65.